The zero-order chi connectivity index (χ0) is 23.2. The van der Waals surface area contributed by atoms with E-state index in [9.17, 15) is 17.8 Å². The normalized spacial score (nSPS) is 28.5. The molecule has 4 atom stereocenters. The summed E-state index contributed by atoms with van der Waals surface area (Å²) in [6.07, 6.45) is 5.72. The summed E-state index contributed by atoms with van der Waals surface area (Å²) in [7, 11) is -4.19. The van der Waals surface area contributed by atoms with Crippen molar-refractivity contribution in [1.29, 1.82) is 0 Å². The number of fused-ring (bicyclic) bond motifs is 2. The molecular formula is C25H38O5S. The third-order valence-corrected chi connectivity index (χ3v) is 9.64. The molecule has 0 heterocycles. The molecule has 2 unspecified atom stereocenters. The largest absolute Gasteiger partial charge is 0.461 e. The Kier molecular flexibility index (Phi) is 6.40. The Labute approximate surface area is 187 Å². The van der Waals surface area contributed by atoms with Gasteiger partial charge in [-0.05, 0) is 87.3 Å². The summed E-state index contributed by atoms with van der Waals surface area (Å²) in [5.41, 5.74) is 0.708. The SMILES string of the molecule is CCC(CCC(C)(C)C(=O)O[C@H]1C[C@@H]2CCC1(C)C2(C)C)c1ccc(S(=O)(=O)O)cc1. The van der Waals surface area contributed by atoms with E-state index in [-0.39, 0.29) is 33.7 Å². The standard InChI is InChI=1S/C25H38O5S/c1-7-17(18-8-10-20(11-9-18)31(27,28)29)12-14-23(2,3)22(26)30-21-16-19-13-15-25(21,6)24(19,4)5/h8-11,17,19,21H,7,12-16H2,1-6H3,(H,27,28,29)/t17?,19-,21-,25?/m0/s1. The molecule has 5 nitrogen and oxygen atoms in total. The van der Waals surface area contributed by atoms with E-state index >= 15 is 0 Å². The highest BCUT2D eigenvalue weighted by atomic mass is 32.2. The molecule has 0 amide bonds. The average Bonchev–Trinajstić information content (AvgIpc) is 3.01. The average molecular weight is 451 g/mol. The van der Waals surface area contributed by atoms with Gasteiger partial charge in [-0.25, -0.2) is 0 Å². The van der Waals surface area contributed by atoms with E-state index in [1.807, 2.05) is 13.8 Å². The highest BCUT2D eigenvalue weighted by Gasteiger charge is 2.63. The van der Waals surface area contributed by atoms with Crippen LogP contribution >= 0.6 is 0 Å². The summed E-state index contributed by atoms with van der Waals surface area (Å²) in [6, 6.07) is 6.37. The summed E-state index contributed by atoms with van der Waals surface area (Å²) in [5.74, 6) is 0.730. The first kappa shape index (κ1) is 24.2. The van der Waals surface area contributed by atoms with Gasteiger partial charge < -0.3 is 4.74 Å². The molecule has 0 saturated heterocycles. The van der Waals surface area contributed by atoms with Crippen molar-refractivity contribution in [2.24, 2.45) is 22.2 Å². The van der Waals surface area contributed by atoms with E-state index in [0.29, 0.717) is 12.3 Å². The Hall–Kier alpha value is -1.40. The van der Waals surface area contributed by atoms with E-state index in [1.54, 1.807) is 12.1 Å². The smallest absolute Gasteiger partial charge is 0.311 e. The molecule has 2 bridgehead atoms. The molecule has 174 valence electrons. The molecule has 2 saturated carbocycles. The van der Waals surface area contributed by atoms with Crippen molar-refractivity contribution in [3.05, 3.63) is 29.8 Å². The van der Waals surface area contributed by atoms with Gasteiger partial charge in [0.25, 0.3) is 10.1 Å². The lowest BCUT2D eigenvalue weighted by molar-refractivity contribution is -0.168. The number of carbonyl (C=O) groups excluding carboxylic acids is 1. The van der Waals surface area contributed by atoms with E-state index < -0.39 is 15.5 Å². The predicted octanol–water partition coefficient (Wildman–Crippen LogP) is 5.99. The first-order valence-electron chi connectivity index (χ1n) is 11.5. The third-order valence-electron chi connectivity index (χ3n) is 8.78. The fourth-order valence-corrected chi connectivity index (χ4v) is 6.23. The van der Waals surface area contributed by atoms with Crippen LogP contribution in [0.15, 0.2) is 29.2 Å². The number of rotatable bonds is 8. The molecule has 1 aromatic carbocycles. The molecule has 3 rings (SSSR count). The molecular weight excluding hydrogens is 412 g/mol. The fraction of sp³-hybridized carbons (Fsp3) is 0.720. The number of carbonyl (C=O) groups is 1. The van der Waals surface area contributed by atoms with Crippen molar-refractivity contribution >= 4 is 16.1 Å². The molecule has 2 aliphatic carbocycles. The van der Waals surface area contributed by atoms with Crippen LogP contribution in [0.4, 0.5) is 0 Å². The predicted molar refractivity (Wildman–Crippen MR) is 121 cm³/mol. The monoisotopic (exact) mass is 450 g/mol. The number of ether oxygens (including phenoxy) is 1. The van der Waals surface area contributed by atoms with Crippen LogP contribution in [0.5, 0.6) is 0 Å². The molecule has 2 fully saturated rings. The highest BCUT2D eigenvalue weighted by Crippen LogP contribution is 2.66. The zero-order valence-corrected chi connectivity index (χ0v) is 20.6. The molecule has 0 spiro atoms. The maximum Gasteiger partial charge on any atom is 0.311 e. The molecule has 0 aromatic heterocycles. The second-order valence-corrected chi connectivity index (χ2v) is 12.5. The first-order valence-corrected chi connectivity index (χ1v) is 12.9. The van der Waals surface area contributed by atoms with Crippen LogP contribution < -0.4 is 0 Å². The summed E-state index contributed by atoms with van der Waals surface area (Å²) >= 11 is 0. The van der Waals surface area contributed by atoms with E-state index in [2.05, 4.69) is 27.7 Å². The molecule has 6 heteroatoms. The molecule has 0 radical (unpaired) electrons. The lowest BCUT2D eigenvalue weighted by Gasteiger charge is -2.39. The molecule has 1 aromatic rings. The van der Waals surface area contributed by atoms with Crippen molar-refractivity contribution < 1.29 is 22.5 Å². The fourth-order valence-electron chi connectivity index (χ4n) is 5.75. The maximum absolute atomic E-state index is 13.1. The second kappa shape index (κ2) is 8.18. The number of hydrogen-bond donors (Lipinski definition) is 1. The Morgan fingerprint density at radius 1 is 1.23 bits per heavy atom. The maximum atomic E-state index is 13.1. The highest BCUT2D eigenvalue weighted by molar-refractivity contribution is 7.85. The Balaban J connectivity index is 1.62. The van der Waals surface area contributed by atoms with Gasteiger partial charge in [-0.2, -0.15) is 8.42 Å². The topological polar surface area (TPSA) is 80.7 Å². The van der Waals surface area contributed by atoms with Crippen LogP contribution in [0.2, 0.25) is 0 Å². The Morgan fingerprint density at radius 2 is 1.84 bits per heavy atom. The van der Waals surface area contributed by atoms with Gasteiger partial charge in [0.05, 0.1) is 10.3 Å². The quantitative estimate of drug-likeness (QED) is 0.388. The van der Waals surface area contributed by atoms with E-state index in [0.717, 1.165) is 31.2 Å². The molecule has 31 heavy (non-hydrogen) atoms. The van der Waals surface area contributed by atoms with Crippen LogP contribution in [0.1, 0.15) is 91.5 Å². The number of esters is 1. The van der Waals surface area contributed by atoms with Crippen molar-refractivity contribution in [1.82, 2.24) is 0 Å². The van der Waals surface area contributed by atoms with Gasteiger partial charge in [0.15, 0.2) is 0 Å². The molecule has 1 N–H and O–H groups in total. The second-order valence-electron chi connectivity index (χ2n) is 11.1. The summed E-state index contributed by atoms with van der Waals surface area (Å²) < 4.78 is 37.9. The van der Waals surface area contributed by atoms with Crippen LogP contribution in [0.3, 0.4) is 0 Å². The van der Waals surface area contributed by atoms with Crippen LogP contribution in [0, 0.1) is 22.2 Å². The zero-order valence-electron chi connectivity index (χ0n) is 19.8. The lowest BCUT2D eigenvalue weighted by atomic mass is 9.70. The van der Waals surface area contributed by atoms with Gasteiger partial charge in [-0.15, -0.1) is 0 Å². The first-order chi connectivity index (χ1) is 14.2. The summed E-state index contributed by atoms with van der Waals surface area (Å²) in [4.78, 5) is 13.0. The van der Waals surface area contributed by atoms with Gasteiger partial charge in [0.1, 0.15) is 6.10 Å². The van der Waals surface area contributed by atoms with Gasteiger partial charge in [-0.3, -0.25) is 9.35 Å². The minimum Gasteiger partial charge on any atom is -0.461 e. The van der Waals surface area contributed by atoms with Crippen LogP contribution in [0.25, 0.3) is 0 Å². The summed E-state index contributed by atoms with van der Waals surface area (Å²) in [5, 5.41) is 0. The molecule has 0 aliphatic heterocycles. The van der Waals surface area contributed by atoms with Gasteiger partial charge in [0.2, 0.25) is 0 Å². The minimum absolute atomic E-state index is 0.00275. The minimum atomic E-state index is -4.19. The van der Waals surface area contributed by atoms with Crippen molar-refractivity contribution in [2.75, 3.05) is 0 Å². The van der Waals surface area contributed by atoms with Crippen LogP contribution in [-0.2, 0) is 19.6 Å². The third kappa shape index (κ3) is 4.43. The Morgan fingerprint density at radius 3 is 2.29 bits per heavy atom. The number of benzene rings is 1. The lowest BCUT2D eigenvalue weighted by Crippen LogP contribution is -2.41. The van der Waals surface area contributed by atoms with Gasteiger partial charge in [-0.1, -0.05) is 39.8 Å². The van der Waals surface area contributed by atoms with Gasteiger partial charge >= 0.3 is 5.97 Å². The van der Waals surface area contributed by atoms with E-state index in [1.165, 1.54) is 18.6 Å². The van der Waals surface area contributed by atoms with Crippen molar-refractivity contribution in [2.45, 2.75) is 97.0 Å². The number of hydrogen-bond acceptors (Lipinski definition) is 4. The van der Waals surface area contributed by atoms with Gasteiger partial charge in [0, 0.05) is 5.41 Å². The molecule has 2 aliphatic rings. The summed E-state index contributed by atoms with van der Waals surface area (Å²) in [6.45, 7) is 12.9. The van der Waals surface area contributed by atoms with Crippen molar-refractivity contribution in [3.63, 3.8) is 0 Å². The van der Waals surface area contributed by atoms with Crippen molar-refractivity contribution in [3.8, 4) is 0 Å². The Bertz CT molecular complexity index is 916. The van der Waals surface area contributed by atoms with E-state index in [4.69, 9.17) is 4.74 Å². The van der Waals surface area contributed by atoms with Crippen LogP contribution in [-0.4, -0.2) is 25.0 Å².